The summed E-state index contributed by atoms with van der Waals surface area (Å²) in [5.41, 5.74) is 24.5. The second-order valence-electron chi connectivity index (χ2n) is 32.0. The highest BCUT2D eigenvalue weighted by Gasteiger charge is 2.30. The van der Waals surface area contributed by atoms with E-state index in [0.717, 1.165) is 17.1 Å². The molecule has 2 heteroatoms. The van der Waals surface area contributed by atoms with Crippen LogP contribution in [0.5, 0.6) is 0 Å². The first-order valence-corrected chi connectivity index (χ1v) is 32.7. The number of nitrogens with zero attached hydrogens (tertiary/aromatic N) is 2. The van der Waals surface area contributed by atoms with Crippen molar-refractivity contribution in [3.63, 3.8) is 0 Å². The van der Waals surface area contributed by atoms with Crippen LogP contribution >= 0.6 is 0 Å². The summed E-state index contributed by atoms with van der Waals surface area (Å²) >= 11 is 0. The van der Waals surface area contributed by atoms with Crippen molar-refractivity contribution in [2.75, 3.05) is 4.90 Å². The van der Waals surface area contributed by atoms with Crippen LogP contribution in [-0.4, -0.2) is 4.57 Å². The normalized spacial score (nSPS) is 13.0. The molecule has 0 spiro atoms. The summed E-state index contributed by atoms with van der Waals surface area (Å²) in [5, 5.41) is 9.92. The number of hydrogen-bond acceptors (Lipinski definition) is 1. The molecule has 0 atom stereocenters. The second-order valence-corrected chi connectivity index (χ2v) is 32.0. The Bertz CT molecular complexity index is 4710. The summed E-state index contributed by atoms with van der Waals surface area (Å²) in [7, 11) is 0. The maximum Gasteiger partial charge on any atom is 0.0543 e. The summed E-state index contributed by atoms with van der Waals surface area (Å²) in [6.45, 7) is 42.1. The molecule has 1 heterocycles. The zero-order valence-electron chi connectivity index (χ0n) is 56.7. The largest absolute Gasteiger partial charge is 0.309 e. The quantitative estimate of drug-likeness (QED) is 0.138. The van der Waals surface area contributed by atoms with Gasteiger partial charge in [0.25, 0.3) is 0 Å². The first-order chi connectivity index (χ1) is 42.4. The number of anilines is 3. The topological polar surface area (TPSA) is 8.17 Å². The third-order valence-electron chi connectivity index (χ3n) is 19.2. The van der Waals surface area contributed by atoms with Gasteiger partial charge in [-0.1, -0.05) is 288 Å². The lowest BCUT2D eigenvalue weighted by Gasteiger charge is -2.33. The van der Waals surface area contributed by atoms with Gasteiger partial charge in [-0.25, -0.2) is 0 Å². The van der Waals surface area contributed by atoms with E-state index in [1.165, 1.54) is 138 Å². The van der Waals surface area contributed by atoms with Gasteiger partial charge in [-0.15, -0.1) is 0 Å². The molecule has 13 rings (SSSR count). The highest BCUT2D eigenvalue weighted by molar-refractivity contribution is 6.28. The molecule has 0 N–H and O–H groups in total. The van der Waals surface area contributed by atoms with E-state index in [4.69, 9.17) is 0 Å². The number of aromatic nitrogens is 1. The van der Waals surface area contributed by atoms with Crippen LogP contribution in [0.1, 0.15) is 158 Å². The standard InChI is InChI=1S/C88H90N2/c1-83(2,3)63-35-39-70(56-27-23-20-24-28-56)80(53-63)89(68-36-40-69(55-25-21-19-22-26-55)75(54-68)88(16,17)18)76-41-31-57-30-38-72-77(42-32-58-29-37-71(76)81(57)82(58)72)90-78-43-33-59(61-45-64(84(4,5)6)51-65(46-61)85(7,8)9)49-73(78)74-50-60(34-44-79(74)90)62-47-66(86(10,11)12)52-67(48-62)87(13,14)15/h19-54H,1-18H3. The van der Waals surface area contributed by atoms with Crippen molar-refractivity contribution < 1.29 is 0 Å². The monoisotopic (exact) mass is 1170 g/mol. The minimum atomic E-state index is -0.155. The molecule has 1 aromatic heterocycles. The molecule has 0 saturated carbocycles. The summed E-state index contributed by atoms with van der Waals surface area (Å²) in [4.78, 5) is 2.58. The van der Waals surface area contributed by atoms with E-state index >= 15 is 0 Å². The molecular formula is C88H90N2. The smallest absolute Gasteiger partial charge is 0.0543 e. The average molecular weight is 1180 g/mol. The second kappa shape index (κ2) is 21.5. The molecule has 0 amide bonds. The molecule has 0 aliphatic rings. The summed E-state index contributed by atoms with van der Waals surface area (Å²) < 4.78 is 2.57. The molecule has 0 aliphatic carbocycles. The van der Waals surface area contributed by atoms with Gasteiger partial charge >= 0.3 is 0 Å². The maximum absolute atomic E-state index is 2.58. The Balaban J connectivity index is 1.08. The van der Waals surface area contributed by atoms with E-state index in [2.05, 4.69) is 352 Å². The molecule has 0 fully saturated rings. The molecule has 0 saturated heterocycles. The molecule has 0 unspecified atom stereocenters. The number of hydrogen-bond donors (Lipinski definition) is 0. The predicted octanol–water partition coefficient (Wildman–Crippen LogP) is 25.6. The fourth-order valence-electron chi connectivity index (χ4n) is 13.7. The lowest BCUT2D eigenvalue weighted by molar-refractivity contribution is 0.568. The molecule has 2 nitrogen and oxygen atoms in total. The van der Waals surface area contributed by atoms with Crippen molar-refractivity contribution in [2.45, 2.75) is 157 Å². The first-order valence-electron chi connectivity index (χ1n) is 32.7. The van der Waals surface area contributed by atoms with Gasteiger partial charge in [-0.2, -0.15) is 0 Å². The van der Waals surface area contributed by atoms with Crippen molar-refractivity contribution in [2.24, 2.45) is 0 Å². The van der Waals surface area contributed by atoms with Gasteiger partial charge in [0.1, 0.15) is 0 Å². The zero-order valence-corrected chi connectivity index (χ0v) is 56.7. The summed E-state index contributed by atoms with van der Waals surface area (Å²) in [6, 6.07) is 84.5. The molecule has 13 aromatic rings. The Morgan fingerprint density at radius 2 is 0.700 bits per heavy atom. The predicted molar refractivity (Wildman–Crippen MR) is 393 cm³/mol. The van der Waals surface area contributed by atoms with Crippen LogP contribution in [0.3, 0.4) is 0 Å². The van der Waals surface area contributed by atoms with Crippen molar-refractivity contribution in [3.8, 4) is 50.2 Å². The van der Waals surface area contributed by atoms with Gasteiger partial charge in [0.2, 0.25) is 0 Å². The van der Waals surface area contributed by atoms with Crippen molar-refractivity contribution in [1.29, 1.82) is 0 Å². The molecule has 12 aromatic carbocycles. The summed E-state index contributed by atoms with van der Waals surface area (Å²) in [6.07, 6.45) is 0. The van der Waals surface area contributed by atoms with Crippen molar-refractivity contribution >= 4 is 71.2 Å². The Hall–Kier alpha value is -8.72. The highest BCUT2D eigenvalue weighted by Crippen LogP contribution is 2.51. The molecule has 452 valence electrons. The van der Waals surface area contributed by atoms with Crippen LogP contribution in [0.25, 0.3) is 104 Å². The Labute approximate surface area is 536 Å². The highest BCUT2D eigenvalue weighted by atomic mass is 15.1. The van der Waals surface area contributed by atoms with Gasteiger partial charge in [0.15, 0.2) is 0 Å². The molecule has 0 aliphatic heterocycles. The lowest BCUT2D eigenvalue weighted by Crippen LogP contribution is -2.18. The molecule has 90 heavy (non-hydrogen) atoms. The minimum Gasteiger partial charge on any atom is -0.309 e. The van der Waals surface area contributed by atoms with E-state index in [9.17, 15) is 0 Å². The van der Waals surface area contributed by atoms with Gasteiger partial charge in [0.05, 0.1) is 28.1 Å². The van der Waals surface area contributed by atoms with Gasteiger partial charge in [-0.05, 0) is 181 Å². The molecular weight excluding hydrogens is 1080 g/mol. The average Bonchev–Trinajstić information content (AvgIpc) is 1.24. The Morgan fingerprint density at radius 1 is 0.267 bits per heavy atom. The van der Waals surface area contributed by atoms with Crippen LogP contribution in [-0.2, 0) is 32.5 Å². The van der Waals surface area contributed by atoms with Crippen LogP contribution in [0.2, 0.25) is 0 Å². The van der Waals surface area contributed by atoms with E-state index in [1.807, 2.05) is 0 Å². The van der Waals surface area contributed by atoms with Gasteiger partial charge < -0.3 is 9.47 Å². The third-order valence-corrected chi connectivity index (χ3v) is 19.2. The third kappa shape index (κ3) is 10.9. The van der Waals surface area contributed by atoms with E-state index < -0.39 is 0 Å². The Morgan fingerprint density at radius 3 is 1.18 bits per heavy atom. The zero-order chi connectivity index (χ0) is 63.8. The summed E-state index contributed by atoms with van der Waals surface area (Å²) in [5.74, 6) is 0. The fraction of sp³-hybridized carbons (Fsp3) is 0.273. The minimum absolute atomic E-state index is 0.0149. The van der Waals surface area contributed by atoms with E-state index in [1.54, 1.807) is 0 Å². The van der Waals surface area contributed by atoms with Crippen LogP contribution in [0, 0.1) is 0 Å². The number of rotatable bonds is 8. The van der Waals surface area contributed by atoms with Gasteiger partial charge in [0, 0.05) is 32.8 Å². The Kier molecular flexibility index (Phi) is 14.4. The molecule has 0 bridgehead atoms. The lowest BCUT2D eigenvalue weighted by atomic mass is 9.78. The SMILES string of the molecule is CC(C)(C)c1cc(-c2ccc3c(c2)c2cc(-c4cc(C(C)(C)C)cc(C(C)(C)C)c4)ccc2n3-c2ccc3ccc4c(N(c5ccc(-c6ccccc6)c(C(C)(C)C)c5)c5cc(C(C)(C)C)ccc5-c5ccccc5)ccc5ccc2c3c54)cc(C(C)(C)C)c1. The van der Waals surface area contributed by atoms with Crippen molar-refractivity contribution in [3.05, 3.63) is 252 Å². The fourth-order valence-corrected chi connectivity index (χ4v) is 13.7. The maximum atomic E-state index is 2.58. The van der Waals surface area contributed by atoms with E-state index in [-0.39, 0.29) is 32.5 Å². The molecule has 0 radical (unpaired) electrons. The van der Waals surface area contributed by atoms with Crippen LogP contribution in [0.4, 0.5) is 17.1 Å². The van der Waals surface area contributed by atoms with Crippen LogP contribution in [0.15, 0.2) is 218 Å². The van der Waals surface area contributed by atoms with Crippen molar-refractivity contribution in [1.82, 2.24) is 4.57 Å². The number of fused-ring (bicyclic) bond motifs is 3. The number of benzene rings is 12. The first kappa shape index (κ1) is 60.2. The van der Waals surface area contributed by atoms with Crippen LogP contribution < -0.4 is 4.90 Å². The van der Waals surface area contributed by atoms with Gasteiger partial charge in [-0.3, -0.25) is 0 Å². The van der Waals surface area contributed by atoms with E-state index in [0.29, 0.717) is 0 Å².